The fraction of sp³-hybridized carbons (Fsp3) is 1.00. The van der Waals surface area contributed by atoms with E-state index in [9.17, 15) is 10.2 Å². The largest absolute Gasteiger partial charge is 0.396 e. The molecule has 0 bridgehead atoms. The Labute approximate surface area is 117 Å². The SMILES string of the molecule is CC(C)COCC(O)CNCC1(CO)CCCCC1. The van der Waals surface area contributed by atoms with Crippen molar-refractivity contribution in [3.05, 3.63) is 0 Å². The summed E-state index contributed by atoms with van der Waals surface area (Å²) in [6, 6.07) is 0. The van der Waals surface area contributed by atoms with E-state index in [1.807, 2.05) is 0 Å². The van der Waals surface area contributed by atoms with E-state index in [4.69, 9.17) is 4.74 Å². The van der Waals surface area contributed by atoms with Gasteiger partial charge in [0.05, 0.1) is 12.7 Å². The highest BCUT2D eigenvalue weighted by Crippen LogP contribution is 2.35. The molecule has 3 N–H and O–H groups in total. The van der Waals surface area contributed by atoms with Crippen LogP contribution in [0.3, 0.4) is 0 Å². The second kappa shape index (κ2) is 8.90. The molecule has 0 saturated heterocycles. The van der Waals surface area contributed by atoms with Gasteiger partial charge >= 0.3 is 0 Å². The van der Waals surface area contributed by atoms with E-state index in [2.05, 4.69) is 19.2 Å². The summed E-state index contributed by atoms with van der Waals surface area (Å²) in [5.41, 5.74) is 0.0385. The van der Waals surface area contributed by atoms with Crippen LogP contribution >= 0.6 is 0 Å². The first-order valence-corrected chi connectivity index (χ1v) is 7.65. The fourth-order valence-electron chi connectivity index (χ4n) is 2.70. The molecule has 0 aromatic rings. The Morgan fingerprint density at radius 1 is 1.16 bits per heavy atom. The van der Waals surface area contributed by atoms with Crippen molar-refractivity contribution in [2.75, 3.05) is 32.9 Å². The first-order valence-electron chi connectivity index (χ1n) is 7.65. The molecule has 4 heteroatoms. The van der Waals surface area contributed by atoms with Crippen LogP contribution in [-0.4, -0.2) is 49.2 Å². The molecule has 0 aliphatic heterocycles. The maximum Gasteiger partial charge on any atom is 0.0897 e. The van der Waals surface area contributed by atoms with Crippen molar-refractivity contribution in [3.63, 3.8) is 0 Å². The lowest BCUT2D eigenvalue weighted by Crippen LogP contribution is -2.42. The van der Waals surface area contributed by atoms with E-state index in [1.165, 1.54) is 19.3 Å². The molecular weight excluding hydrogens is 242 g/mol. The highest BCUT2D eigenvalue weighted by atomic mass is 16.5. The molecule has 1 aliphatic rings. The average Bonchev–Trinajstić information content (AvgIpc) is 2.39. The minimum absolute atomic E-state index is 0.0385. The lowest BCUT2D eigenvalue weighted by Gasteiger charge is -2.36. The number of ether oxygens (including phenoxy) is 1. The van der Waals surface area contributed by atoms with Crippen LogP contribution < -0.4 is 5.32 Å². The summed E-state index contributed by atoms with van der Waals surface area (Å²) >= 11 is 0. The van der Waals surface area contributed by atoms with Crippen molar-refractivity contribution in [2.45, 2.75) is 52.1 Å². The highest BCUT2D eigenvalue weighted by Gasteiger charge is 2.30. The fourth-order valence-corrected chi connectivity index (χ4v) is 2.70. The number of rotatable bonds is 9. The minimum atomic E-state index is -0.460. The van der Waals surface area contributed by atoms with Crippen LogP contribution in [0.25, 0.3) is 0 Å². The van der Waals surface area contributed by atoms with E-state index < -0.39 is 6.10 Å². The molecule has 4 nitrogen and oxygen atoms in total. The van der Waals surface area contributed by atoms with Gasteiger partial charge in [-0.15, -0.1) is 0 Å². The summed E-state index contributed by atoms with van der Waals surface area (Å²) < 4.78 is 5.41. The number of aliphatic hydroxyl groups excluding tert-OH is 2. The predicted octanol–water partition coefficient (Wildman–Crippen LogP) is 1.55. The smallest absolute Gasteiger partial charge is 0.0897 e. The topological polar surface area (TPSA) is 61.7 Å². The number of nitrogens with one attached hydrogen (secondary N) is 1. The van der Waals surface area contributed by atoms with Gasteiger partial charge in [-0.25, -0.2) is 0 Å². The second-order valence-corrected chi connectivity index (χ2v) is 6.43. The lowest BCUT2D eigenvalue weighted by atomic mass is 9.74. The van der Waals surface area contributed by atoms with E-state index in [0.717, 1.165) is 19.4 Å². The zero-order valence-electron chi connectivity index (χ0n) is 12.5. The highest BCUT2D eigenvalue weighted by molar-refractivity contribution is 4.84. The van der Waals surface area contributed by atoms with Gasteiger partial charge in [-0.3, -0.25) is 0 Å². The molecule has 19 heavy (non-hydrogen) atoms. The molecule has 0 heterocycles. The third-order valence-corrected chi connectivity index (χ3v) is 3.89. The van der Waals surface area contributed by atoms with Crippen molar-refractivity contribution in [1.29, 1.82) is 0 Å². The maximum atomic E-state index is 9.80. The predicted molar refractivity (Wildman–Crippen MR) is 77.1 cm³/mol. The first-order chi connectivity index (χ1) is 9.08. The molecule has 1 aliphatic carbocycles. The van der Waals surface area contributed by atoms with Crippen LogP contribution in [0.15, 0.2) is 0 Å². The average molecular weight is 273 g/mol. The molecule has 1 atom stereocenters. The first kappa shape index (κ1) is 16.9. The maximum absolute atomic E-state index is 9.80. The third-order valence-electron chi connectivity index (χ3n) is 3.89. The van der Waals surface area contributed by atoms with E-state index in [0.29, 0.717) is 25.7 Å². The molecular formula is C15H31NO3. The molecule has 0 radical (unpaired) electrons. The summed E-state index contributed by atoms with van der Waals surface area (Å²) in [5.74, 6) is 0.500. The number of hydrogen-bond donors (Lipinski definition) is 3. The molecule has 0 spiro atoms. The molecule has 1 fully saturated rings. The van der Waals surface area contributed by atoms with Gasteiger partial charge in [-0.2, -0.15) is 0 Å². The molecule has 1 rings (SSSR count). The monoisotopic (exact) mass is 273 g/mol. The molecule has 1 saturated carbocycles. The zero-order valence-corrected chi connectivity index (χ0v) is 12.5. The lowest BCUT2D eigenvalue weighted by molar-refractivity contribution is 0.0216. The van der Waals surface area contributed by atoms with Gasteiger partial charge in [0.1, 0.15) is 0 Å². The summed E-state index contributed by atoms with van der Waals surface area (Å²) in [6.45, 7) is 6.86. The van der Waals surface area contributed by atoms with Crippen LogP contribution in [-0.2, 0) is 4.74 Å². The van der Waals surface area contributed by atoms with Gasteiger partial charge in [-0.05, 0) is 18.8 Å². The Hall–Kier alpha value is -0.160. The Morgan fingerprint density at radius 3 is 2.42 bits per heavy atom. The van der Waals surface area contributed by atoms with E-state index in [1.54, 1.807) is 0 Å². The van der Waals surface area contributed by atoms with E-state index >= 15 is 0 Å². The summed E-state index contributed by atoms with van der Waals surface area (Å²) in [6.07, 6.45) is 5.43. The zero-order chi connectivity index (χ0) is 14.1. The Morgan fingerprint density at radius 2 is 1.84 bits per heavy atom. The van der Waals surface area contributed by atoms with Crippen molar-refractivity contribution < 1.29 is 14.9 Å². The van der Waals surface area contributed by atoms with Crippen LogP contribution in [0.5, 0.6) is 0 Å². The Bertz CT molecular complexity index is 227. The second-order valence-electron chi connectivity index (χ2n) is 6.43. The van der Waals surface area contributed by atoms with Gasteiger partial charge in [0.25, 0.3) is 0 Å². The Kier molecular flexibility index (Phi) is 7.91. The van der Waals surface area contributed by atoms with Crippen molar-refractivity contribution in [2.24, 2.45) is 11.3 Å². The molecule has 114 valence electrons. The molecule has 0 aromatic heterocycles. The number of aliphatic hydroxyl groups is 2. The van der Waals surface area contributed by atoms with Crippen molar-refractivity contribution in [3.8, 4) is 0 Å². The quantitative estimate of drug-likeness (QED) is 0.596. The van der Waals surface area contributed by atoms with Crippen LogP contribution in [0.2, 0.25) is 0 Å². The van der Waals surface area contributed by atoms with Crippen LogP contribution in [0.1, 0.15) is 46.0 Å². The minimum Gasteiger partial charge on any atom is -0.396 e. The van der Waals surface area contributed by atoms with Crippen molar-refractivity contribution >= 4 is 0 Å². The summed E-state index contributed by atoms with van der Waals surface area (Å²) in [7, 11) is 0. The summed E-state index contributed by atoms with van der Waals surface area (Å²) in [4.78, 5) is 0. The Balaban J connectivity index is 2.13. The molecule has 0 aromatic carbocycles. The molecule has 0 amide bonds. The standard InChI is InChI=1S/C15H31NO3/c1-13(2)9-19-10-14(18)8-16-11-15(12-17)6-4-3-5-7-15/h13-14,16-18H,3-12H2,1-2H3. The van der Waals surface area contributed by atoms with E-state index in [-0.39, 0.29) is 12.0 Å². The third kappa shape index (κ3) is 6.70. The van der Waals surface area contributed by atoms with Crippen LogP contribution in [0, 0.1) is 11.3 Å². The van der Waals surface area contributed by atoms with Crippen LogP contribution in [0.4, 0.5) is 0 Å². The van der Waals surface area contributed by atoms with Gasteiger partial charge in [-0.1, -0.05) is 33.1 Å². The number of hydrogen-bond acceptors (Lipinski definition) is 4. The normalized spacial score (nSPS) is 20.7. The van der Waals surface area contributed by atoms with Gasteiger partial charge in [0, 0.05) is 31.7 Å². The van der Waals surface area contributed by atoms with Gasteiger partial charge in [0.2, 0.25) is 0 Å². The van der Waals surface area contributed by atoms with Gasteiger partial charge < -0.3 is 20.3 Å². The summed E-state index contributed by atoms with van der Waals surface area (Å²) in [5, 5.41) is 22.7. The van der Waals surface area contributed by atoms with Crippen molar-refractivity contribution in [1.82, 2.24) is 5.32 Å². The van der Waals surface area contributed by atoms with Gasteiger partial charge in [0.15, 0.2) is 0 Å². The molecule has 1 unspecified atom stereocenters.